The molecule has 0 bridgehead atoms. The molecule has 0 unspecified atom stereocenters. The van der Waals surface area contributed by atoms with E-state index < -0.39 is 0 Å². The van der Waals surface area contributed by atoms with E-state index >= 15 is 0 Å². The Morgan fingerprint density at radius 3 is 2.23 bits per heavy atom. The van der Waals surface area contributed by atoms with E-state index in [4.69, 9.17) is 12.2 Å². The van der Waals surface area contributed by atoms with Gasteiger partial charge in [0.15, 0.2) is 0 Å². The predicted molar refractivity (Wildman–Crippen MR) is 95.0 cm³/mol. The summed E-state index contributed by atoms with van der Waals surface area (Å²) in [6.45, 7) is 0. The molecule has 0 aliphatic rings. The molecular weight excluding hydrogens is 308 g/mol. The minimum Gasteiger partial charge on any atom is -0.346 e. The Morgan fingerprint density at radius 2 is 1.59 bits per heavy atom. The van der Waals surface area contributed by atoms with E-state index in [2.05, 4.69) is 11.4 Å². The Bertz CT molecular complexity index is 878. The fraction of sp³-hybridized carbons (Fsp3) is 0. The van der Waals surface area contributed by atoms with Crippen LogP contribution in [0.3, 0.4) is 0 Å². The molecular formula is C18H12N2S2. The van der Waals surface area contributed by atoms with Crippen LogP contribution in [0.5, 0.6) is 0 Å². The number of nitrogens with one attached hydrogen (secondary N) is 1. The first kappa shape index (κ1) is 14.5. The zero-order valence-corrected chi connectivity index (χ0v) is 13.2. The molecule has 3 aromatic rings. The zero-order chi connectivity index (χ0) is 15.4. The van der Waals surface area contributed by atoms with Crippen molar-refractivity contribution >= 4 is 34.2 Å². The van der Waals surface area contributed by atoms with Crippen LogP contribution in [0.4, 0.5) is 10.7 Å². The zero-order valence-electron chi connectivity index (χ0n) is 11.6. The van der Waals surface area contributed by atoms with Crippen molar-refractivity contribution < 1.29 is 0 Å². The molecule has 2 nitrogen and oxygen atoms in total. The highest BCUT2D eigenvalue weighted by Crippen LogP contribution is 2.32. The molecule has 1 N–H and O–H groups in total. The molecule has 0 atom stereocenters. The first-order valence-electron chi connectivity index (χ1n) is 6.73. The average Bonchev–Trinajstić information content (AvgIpc) is 2.57. The number of hydrogen-bond acceptors (Lipinski definition) is 4. The molecule has 3 rings (SSSR count). The van der Waals surface area contributed by atoms with E-state index in [0.717, 1.165) is 25.6 Å². The van der Waals surface area contributed by atoms with Crippen LogP contribution in [0.15, 0.2) is 66.7 Å². The number of rotatable bonds is 3. The van der Waals surface area contributed by atoms with Crippen LogP contribution in [0.1, 0.15) is 5.56 Å². The Balaban J connectivity index is 2.06. The lowest BCUT2D eigenvalue weighted by atomic mass is 10.1. The molecule has 0 aliphatic carbocycles. The normalized spacial score (nSPS) is 9.95. The Morgan fingerprint density at radius 1 is 0.955 bits per heavy atom. The summed E-state index contributed by atoms with van der Waals surface area (Å²) < 4.78 is 0.767. The van der Waals surface area contributed by atoms with Gasteiger partial charge in [-0.05, 0) is 23.8 Å². The topological polar surface area (TPSA) is 35.8 Å². The van der Waals surface area contributed by atoms with Gasteiger partial charge in [0.25, 0.3) is 0 Å². The molecule has 0 radical (unpaired) electrons. The second kappa shape index (κ2) is 6.52. The molecule has 106 valence electrons. The molecule has 1 heterocycles. The summed E-state index contributed by atoms with van der Waals surface area (Å²) in [5.74, 6) is 0. The summed E-state index contributed by atoms with van der Waals surface area (Å²) in [6, 6.07) is 23.8. The van der Waals surface area contributed by atoms with E-state index in [1.165, 1.54) is 11.3 Å². The maximum absolute atomic E-state index is 9.44. The lowest BCUT2D eigenvalue weighted by molar-refractivity contribution is 1.48. The number of hydrogen-bond donors (Lipinski definition) is 1. The van der Waals surface area contributed by atoms with Crippen molar-refractivity contribution in [3.63, 3.8) is 0 Å². The van der Waals surface area contributed by atoms with Gasteiger partial charge in [0, 0.05) is 11.3 Å². The van der Waals surface area contributed by atoms with Crippen LogP contribution in [0, 0.1) is 15.2 Å². The number of nitrogens with zero attached hydrogens (tertiary/aromatic N) is 1. The summed E-state index contributed by atoms with van der Waals surface area (Å²) in [6.07, 6.45) is 0. The smallest absolute Gasteiger partial charge is 0.112 e. The van der Waals surface area contributed by atoms with Crippen molar-refractivity contribution in [1.29, 1.82) is 5.26 Å². The van der Waals surface area contributed by atoms with Crippen LogP contribution < -0.4 is 5.32 Å². The van der Waals surface area contributed by atoms with E-state index in [0.29, 0.717) is 5.56 Å². The highest BCUT2D eigenvalue weighted by molar-refractivity contribution is 7.73. The summed E-state index contributed by atoms with van der Waals surface area (Å²) in [4.78, 5) is 0. The number of benzene rings is 2. The standard InChI is InChI=1S/C18H12N2S2/c19-12-14-11-16(13-7-3-1-4-8-13)18(21)22-17(14)20-15-9-5-2-6-10-15/h1-11,20H. The molecule has 0 saturated carbocycles. The summed E-state index contributed by atoms with van der Waals surface area (Å²) in [7, 11) is 0. The third kappa shape index (κ3) is 3.06. The first-order valence-corrected chi connectivity index (χ1v) is 7.96. The highest BCUT2D eigenvalue weighted by Gasteiger charge is 2.09. The highest BCUT2D eigenvalue weighted by atomic mass is 32.1. The average molecular weight is 320 g/mol. The van der Waals surface area contributed by atoms with Gasteiger partial charge in [-0.15, -0.1) is 11.3 Å². The first-order chi connectivity index (χ1) is 10.8. The van der Waals surface area contributed by atoms with Gasteiger partial charge < -0.3 is 5.32 Å². The molecule has 0 fully saturated rings. The second-order valence-corrected chi connectivity index (χ2v) is 6.35. The second-order valence-electron chi connectivity index (χ2n) is 4.66. The maximum atomic E-state index is 9.44. The molecule has 2 aromatic carbocycles. The summed E-state index contributed by atoms with van der Waals surface area (Å²) in [5.41, 5.74) is 3.50. The van der Waals surface area contributed by atoms with Gasteiger partial charge in [-0.2, -0.15) is 5.26 Å². The van der Waals surface area contributed by atoms with Crippen molar-refractivity contribution in [2.45, 2.75) is 0 Å². The van der Waals surface area contributed by atoms with Crippen molar-refractivity contribution in [3.05, 3.63) is 76.1 Å². The summed E-state index contributed by atoms with van der Waals surface area (Å²) >= 11 is 6.94. The molecule has 0 aliphatic heterocycles. The van der Waals surface area contributed by atoms with Gasteiger partial charge in [-0.25, -0.2) is 0 Å². The van der Waals surface area contributed by atoms with Gasteiger partial charge in [0.05, 0.1) is 9.39 Å². The molecule has 22 heavy (non-hydrogen) atoms. The van der Waals surface area contributed by atoms with Gasteiger partial charge in [0.2, 0.25) is 0 Å². The van der Waals surface area contributed by atoms with Crippen LogP contribution in [-0.4, -0.2) is 0 Å². The fourth-order valence-corrected chi connectivity index (χ4v) is 3.40. The third-order valence-electron chi connectivity index (χ3n) is 3.18. The van der Waals surface area contributed by atoms with Crippen molar-refractivity contribution in [3.8, 4) is 17.2 Å². The maximum Gasteiger partial charge on any atom is 0.112 e. The van der Waals surface area contributed by atoms with E-state index in [1.807, 2.05) is 66.7 Å². The van der Waals surface area contributed by atoms with Crippen molar-refractivity contribution in [2.75, 3.05) is 5.32 Å². The monoisotopic (exact) mass is 320 g/mol. The summed E-state index contributed by atoms with van der Waals surface area (Å²) in [5, 5.41) is 13.5. The lowest BCUT2D eigenvalue weighted by Gasteiger charge is -2.09. The largest absolute Gasteiger partial charge is 0.346 e. The molecule has 4 heteroatoms. The van der Waals surface area contributed by atoms with E-state index in [1.54, 1.807) is 0 Å². The quantitative estimate of drug-likeness (QED) is 0.623. The van der Waals surface area contributed by atoms with E-state index in [-0.39, 0.29) is 0 Å². The predicted octanol–water partition coefficient (Wildman–Crippen LogP) is 5.76. The molecule has 0 spiro atoms. The van der Waals surface area contributed by atoms with Gasteiger partial charge in [-0.3, -0.25) is 0 Å². The minimum atomic E-state index is 0.598. The Labute approximate surface area is 138 Å². The SMILES string of the molecule is N#Cc1cc(-c2ccccc2)c(=S)sc1Nc1ccccc1. The van der Waals surface area contributed by atoms with Crippen molar-refractivity contribution in [2.24, 2.45) is 0 Å². The van der Waals surface area contributed by atoms with Gasteiger partial charge in [0.1, 0.15) is 11.1 Å². The molecule has 0 amide bonds. The fourth-order valence-electron chi connectivity index (χ4n) is 2.12. The number of anilines is 2. The lowest BCUT2D eigenvalue weighted by Crippen LogP contribution is -1.92. The number of para-hydroxylation sites is 1. The third-order valence-corrected chi connectivity index (χ3v) is 4.59. The van der Waals surface area contributed by atoms with Crippen LogP contribution >= 0.6 is 23.6 Å². The van der Waals surface area contributed by atoms with Crippen molar-refractivity contribution in [1.82, 2.24) is 0 Å². The van der Waals surface area contributed by atoms with Crippen LogP contribution in [-0.2, 0) is 0 Å². The van der Waals surface area contributed by atoms with Gasteiger partial charge >= 0.3 is 0 Å². The minimum absolute atomic E-state index is 0.598. The number of nitriles is 1. The van der Waals surface area contributed by atoms with Crippen LogP contribution in [0.2, 0.25) is 0 Å². The van der Waals surface area contributed by atoms with E-state index in [9.17, 15) is 5.26 Å². The van der Waals surface area contributed by atoms with Gasteiger partial charge in [-0.1, -0.05) is 60.7 Å². The van der Waals surface area contributed by atoms with Crippen LogP contribution in [0.25, 0.3) is 11.1 Å². The molecule has 0 saturated heterocycles. The molecule has 1 aromatic heterocycles. The Hall–Kier alpha value is -2.48. The Kier molecular flexibility index (Phi) is 4.29.